The lowest BCUT2D eigenvalue weighted by atomic mass is 10.0. The van der Waals surface area contributed by atoms with Crippen LogP contribution in [0.2, 0.25) is 0 Å². The van der Waals surface area contributed by atoms with Gasteiger partial charge in [0, 0.05) is 18.2 Å². The summed E-state index contributed by atoms with van der Waals surface area (Å²) in [6, 6.07) is 5.74. The number of carboxylic acids is 1. The Bertz CT molecular complexity index is 520. The molecule has 2 amide bonds. The van der Waals surface area contributed by atoms with Gasteiger partial charge in [0.05, 0.1) is 0 Å². The van der Waals surface area contributed by atoms with Crippen molar-refractivity contribution in [2.45, 2.75) is 19.4 Å². The van der Waals surface area contributed by atoms with Crippen molar-refractivity contribution in [3.63, 3.8) is 0 Å². The summed E-state index contributed by atoms with van der Waals surface area (Å²) in [7, 11) is 1.42. The van der Waals surface area contributed by atoms with E-state index in [1.807, 2.05) is 0 Å². The van der Waals surface area contributed by atoms with E-state index in [0.717, 1.165) is 4.90 Å². The van der Waals surface area contributed by atoms with Crippen molar-refractivity contribution in [2.24, 2.45) is 5.73 Å². The second kappa shape index (κ2) is 5.09. The number of likely N-dealkylation sites (N-methyl/N-ethyl adjacent to an activating group) is 1. The zero-order chi connectivity index (χ0) is 14.8. The van der Waals surface area contributed by atoms with Crippen LogP contribution >= 0.6 is 0 Å². The van der Waals surface area contributed by atoms with Crippen LogP contribution in [0, 0.1) is 0 Å². The predicted molar refractivity (Wildman–Crippen MR) is 68.8 cm³/mol. The molecule has 0 aliphatic rings. The molecule has 6 heteroatoms. The van der Waals surface area contributed by atoms with Gasteiger partial charge in [-0.05, 0) is 38.1 Å². The zero-order valence-electron chi connectivity index (χ0n) is 11.0. The third kappa shape index (κ3) is 2.90. The molecule has 1 aromatic rings. The molecule has 1 rings (SSSR count). The molecule has 0 aromatic heterocycles. The number of carbonyl (C=O) groups excluding carboxylic acids is 2. The summed E-state index contributed by atoms with van der Waals surface area (Å²) < 4.78 is 0. The fourth-order valence-corrected chi connectivity index (χ4v) is 1.37. The van der Waals surface area contributed by atoms with Gasteiger partial charge in [-0.2, -0.15) is 0 Å². The van der Waals surface area contributed by atoms with Crippen LogP contribution < -0.4 is 5.73 Å². The molecule has 3 N–H and O–H groups in total. The molecular formula is C13H16N2O4. The van der Waals surface area contributed by atoms with Crippen molar-refractivity contribution in [3.05, 3.63) is 35.4 Å². The lowest BCUT2D eigenvalue weighted by Crippen LogP contribution is -2.50. The molecule has 1 aromatic carbocycles. The number of hydrogen-bond donors (Lipinski definition) is 2. The van der Waals surface area contributed by atoms with Crippen molar-refractivity contribution in [2.75, 3.05) is 7.05 Å². The van der Waals surface area contributed by atoms with Gasteiger partial charge >= 0.3 is 5.97 Å². The first kappa shape index (κ1) is 14.7. The van der Waals surface area contributed by atoms with Crippen molar-refractivity contribution in [3.8, 4) is 0 Å². The number of nitrogens with two attached hydrogens (primary N) is 1. The molecule has 6 nitrogen and oxygen atoms in total. The van der Waals surface area contributed by atoms with Crippen molar-refractivity contribution >= 4 is 17.8 Å². The first-order chi connectivity index (χ1) is 8.67. The molecule has 0 atom stereocenters. The van der Waals surface area contributed by atoms with E-state index in [0.29, 0.717) is 5.56 Å². The number of benzene rings is 1. The van der Waals surface area contributed by atoms with Gasteiger partial charge in [0.1, 0.15) is 5.54 Å². The minimum Gasteiger partial charge on any atom is -0.480 e. The average molecular weight is 264 g/mol. The molecule has 0 bridgehead atoms. The summed E-state index contributed by atoms with van der Waals surface area (Å²) in [6.07, 6.45) is 0. The minimum atomic E-state index is -1.32. The highest BCUT2D eigenvalue weighted by atomic mass is 16.4. The molecule has 0 saturated heterocycles. The Morgan fingerprint density at radius 3 is 1.89 bits per heavy atom. The number of hydrogen-bond acceptors (Lipinski definition) is 3. The highest BCUT2D eigenvalue weighted by molar-refractivity contribution is 5.99. The Hall–Kier alpha value is -2.37. The van der Waals surface area contributed by atoms with E-state index in [2.05, 4.69) is 0 Å². The van der Waals surface area contributed by atoms with Crippen LogP contribution in [0.5, 0.6) is 0 Å². The van der Waals surface area contributed by atoms with Gasteiger partial charge in [0.25, 0.3) is 5.91 Å². The smallest absolute Gasteiger partial charge is 0.329 e. The van der Waals surface area contributed by atoms with Crippen LogP contribution in [0.4, 0.5) is 0 Å². The Morgan fingerprint density at radius 1 is 1.11 bits per heavy atom. The second-order valence-electron chi connectivity index (χ2n) is 4.67. The number of carbonyl (C=O) groups is 3. The SMILES string of the molecule is CN(C(=O)c1ccc(C(N)=O)cc1)C(C)(C)C(=O)O. The quantitative estimate of drug-likeness (QED) is 0.836. The maximum absolute atomic E-state index is 12.1. The molecule has 102 valence electrons. The van der Waals surface area contributed by atoms with E-state index in [1.54, 1.807) is 0 Å². The van der Waals surface area contributed by atoms with Gasteiger partial charge in [0.2, 0.25) is 5.91 Å². The van der Waals surface area contributed by atoms with Crippen LogP contribution in [0.1, 0.15) is 34.6 Å². The van der Waals surface area contributed by atoms with Crippen molar-refractivity contribution in [1.29, 1.82) is 0 Å². The number of primary amides is 1. The van der Waals surface area contributed by atoms with E-state index in [-0.39, 0.29) is 5.56 Å². The molecule has 0 radical (unpaired) electrons. The lowest BCUT2D eigenvalue weighted by Gasteiger charge is -2.31. The molecule has 0 aliphatic carbocycles. The summed E-state index contributed by atoms with van der Waals surface area (Å²) in [5.74, 6) is -2.13. The standard InChI is InChI=1S/C13H16N2O4/c1-13(2,12(18)19)15(3)11(17)9-6-4-8(5-7-9)10(14)16/h4-7H,1-3H3,(H2,14,16)(H,18,19). The maximum Gasteiger partial charge on any atom is 0.329 e. The maximum atomic E-state index is 12.1. The second-order valence-corrected chi connectivity index (χ2v) is 4.67. The number of carboxylic acid groups (broad SMARTS) is 1. The third-order valence-corrected chi connectivity index (χ3v) is 3.08. The highest BCUT2D eigenvalue weighted by Gasteiger charge is 2.35. The lowest BCUT2D eigenvalue weighted by molar-refractivity contribution is -0.147. The van der Waals surface area contributed by atoms with Gasteiger partial charge in [-0.1, -0.05) is 0 Å². The molecule has 0 spiro atoms. The summed E-state index contributed by atoms with van der Waals surface area (Å²) >= 11 is 0. The first-order valence-corrected chi connectivity index (χ1v) is 5.59. The fourth-order valence-electron chi connectivity index (χ4n) is 1.37. The normalized spacial score (nSPS) is 10.9. The largest absolute Gasteiger partial charge is 0.480 e. The number of nitrogens with zero attached hydrogens (tertiary/aromatic N) is 1. The molecule has 0 saturated carbocycles. The Balaban J connectivity index is 3.01. The molecular weight excluding hydrogens is 248 g/mol. The van der Waals surface area contributed by atoms with E-state index in [4.69, 9.17) is 10.8 Å². The fraction of sp³-hybridized carbons (Fsp3) is 0.308. The molecule has 0 aliphatic heterocycles. The number of rotatable bonds is 4. The van der Waals surface area contributed by atoms with Crippen molar-refractivity contribution in [1.82, 2.24) is 4.90 Å². The first-order valence-electron chi connectivity index (χ1n) is 5.59. The van der Waals surface area contributed by atoms with E-state index >= 15 is 0 Å². The molecule has 0 unspecified atom stereocenters. The minimum absolute atomic E-state index is 0.289. The summed E-state index contributed by atoms with van der Waals surface area (Å²) in [4.78, 5) is 35.3. The average Bonchev–Trinajstić information content (AvgIpc) is 2.36. The Kier molecular flexibility index (Phi) is 3.94. The monoisotopic (exact) mass is 264 g/mol. The zero-order valence-corrected chi connectivity index (χ0v) is 11.0. The Labute approximate surface area is 110 Å². The topological polar surface area (TPSA) is 101 Å². The molecule has 0 heterocycles. The van der Waals surface area contributed by atoms with Crippen LogP contribution in [-0.2, 0) is 4.79 Å². The summed E-state index contributed by atoms with van der Waals surface area (Å²) in [6.45, 7) is 2.87. The van der Waals surface area contributed by atoms with Crippen LogP contribution in [-0.4, -0.2) is 40.4 Å². The van der Waals surface area contributed by atoms with Crippen LogP contribution in [0.25, 0.3) is 0 Å². The van der Waals surface area contributed by atoms with Gasteiger partial charge in [-0.3, -0.25) is 9.59 Å². The summed E-state index contributed by atoms with van der Waals surface area (Å²) in [5.41, 5.74) is 4.36. The third-order valence-electron chi connectivity index (χ3n) is 3.08. The molecule has 19 heavy (non-hydrogen) atoms. The van der Waals surface area contributed by atoms with Crippen molar-refractivity contribution < 1.29 is 19.5 Å². The van der Waals surface area contributed by atoms with Crippen LogP contribution in [0.15, 0.2) is 24.3 Å². The van der Waals surface area contributed by atoms with Gasteiger partial charge in [0.15, 0.2) is 0 Å². The van der Waals surface area contributed by atoms with Crippen LogP contribution in [0.3, 0.4) is 0 Å². The molecule has 0 fully saturated rings. The summed E-state index contributed by atoms with van der Waals surface area (Å²) in [5, 5.41) is 9.07. The highest BCUT2D eigenvalue weighted by Crippen LogP contribution is 2.16. The number of aliphatic carboxylic acids is 1. The Morgan fingerprint density at radius 2 is 1.53 bits per heavy atom. The van der Waals surface area contributed by atoms with Gasteiger partial charge in [-0.25, -0.2) is 4.79 Å². The predicted octanol–water partition coefficient (Wildman–Crippen LogP) is 0.721. The van der Waals surface area contributed by atoms with Gasteiger partial charge in [-0.15, -0.1) is 0 Å². The van der Waals surface area contributed by atoms with E-state index in [9.17, 15) is 14.4 Å². The van der Waals surface area contributed by atoms with Gasteiger partial charge < -0.3 is 15.7 Å². The van der Waals surface area contributed by atoms with E-state index in [1.165, 1.54) is 45.2 Å². The number of amides is 2. The van der Waals surface area contributed by atoms with E-state index < -0.39 is 23.3 Å².